The Kier molecular flexibility index (Phi) is 4.83. The predicted octanol–water partition coefficient (Wildman–Crippen LogP) is 1.25. The number of rotatable bonds is 5. The Morgan fingerprint density at radius 2 is 2.30 bits per heavy atom. The third-order valence-corrected chi connectivity index (χ3v) is 3.39. The second-order valence-corrected chi connectivity index (χ2v) is 5.32. The smallest absolute Gasteiger partial charge is 0.286 e. The van der Waals surface area contributed by atoms with Crippen LogP contribution >= 0.6 is 22.9 Å². The van der Waals surface area contributed by atoms with Gasteiger partial charge in [0.15, 0.2) is 0 Å². The Bertz CT molecular complexity index is 670. The molecule has 2 aromatic rings. The highest BCUT2D eigenvalue weighted by molar-refractivity contribution is 7.17. The van der Waals surface area contributed by atoms with E-state index in [9.17, 15) is 9.59 Å². The van der Waals surface area contributed by atoms with E-state index in [1.807, 2.05) is 0 Å². The van der Waals surface area contributed by atoms with Crippen molar-refractivity contribution in [1.29, 1.82) is 0 Å². The molecule has 0 aliphatic carbocycles. The summed E-state index contributed by atoms with van der Waals surface area (Å²) < 4.78 is 6.56. The summed E-state index contributed by atoms with van der Waals surface area (Å²) in [5.74, 6) is -0.425. The number of hydrogen-bond donors (Lipinski definition) is 1. The van der Waals surface area contributed by atoms with Crippen molar-refractivity contribution in [3.63, 3.8) is 0 Å². The number of nitrogens with one attached hydrogen (secondary N) is 1. The number of carbonyl (C=O) groups excluding carboxylic acids is 1. The minimum absolute atomic E-state index is 0.157. The van der Waals surface area contributed by atoms with Gasteiger partial charge in [-0.25, -0.2) is 0 Å². The van der Waals surface area contributed by atoms with Gasteiger partial charge in [-0.3, -0.25) is 9.59 Å². The van der Waals surface area contributed by atoms with E-state index in [2.05, 4.69) is 15.5 Å². The molecule has 20 heavy (non-hydrogen) atoms. The van der Waals surface area contributed by atoms with Crippen LogP contribution in [0.1, 0.15) is 9.80 Å². The zero-order valence-corrected chi connectivity index (χ0v) is 12.1. The van der Waals surface area contributed by atoms with Crippen molar-refractivity contribution in [2.24, 2.45) is 0 Å². The molecule has 0 aromatic carbocycles. The Morgan fingerprint density at radius 3 is 2.95 bits per heavy atom. The minimum Gasteiger partial charge on any atom is -0.383 e. The van der Waals surface area contributed by atoms with E-state index in [4.69, 9.17) is 16.3 Å². The first-order chi connectivity index (χ1) is 9.60. The maximum atomic E-state index is 11.9. The van der Waals surface area contributed by atoms with Crippen LogP contribution in [0.3, 0.4) is 0 Å². The van der Waals surface area contributed by atoms with Crippen LogP contribution in [0.15, 0.2) is 23.1 Å². The average Bonchev–Trinajstić information content (AvgIpc) is 2.86. The van der Waals surface area contributed by atoms with Crippen molar-refractivity contribution >= 4 is 34.5 Å². The Labute approximate surface area is 123 Å². The molecular formula is C11H11ClN4O3S. The highest BCUT2D eigenvalue weighted by Crippen LogP contribution is 2.16. The predicted molar refractivity (Wildman–Crippen MR) is 75.5 cm³/mol. The van der Waals surface area contributed by atoms with Crippen LogP contribution in [0.5, 0.6) is 0 Å². The molecule has 0 bridgehead atoms. The monoisotopic (exact) mass is 314 g/mol. The van der Waals surface area contributed by atoms with Gasteiger partial charge in [-0.15, -0.1) is 10.2 Å². The molecule has 0 spiro atoms. The molecule has 2 aromatic heterocycles. The molecule has 7 nitrogen and oxygen atoms in total. The summed E-state index contributed by atoms with van der Waals surface area (Å²) in [7, 11) is 1.55. The van der Waals surface area contributed by atoms with Gasteiger partial charge in [-0.2, -0.15) is 0 Å². The maximum absolute atomic E-state index is 11.9. The van der Waals surface area contributed by atoms with E-state index in [-0.39, 0.29) is 15.0 Å². The summed E-state index contributed by atoms with van der Waals surface area (Å²) in [5, 5.41) is 9.97. The van der Waals surface area contributed by atoms with Crippen molar-refractivity contribution in [1.82, 2.24) is 14.8 Å². The Hall–Kier alpha value is -1.77. The van der Waals surface area contributed by atoms with Crippen molar-refractivity contribution < 1.29 is 9.53 Å². The van der Waals surface area contributed by atoms with E-state index >= 15 is 0 Å². The zero-order valence-electron chi connectivity index (χ0n) is 10.5. The number of amides is 1. The van der Waals surface area contributed by atoms with Gasteiger partial charge in [0, 0.05) is 25.9 Å². The summed E-state index contributed by atoms with van der Waals surface area (Å²) >= 11 is 6.60. The van der Waals surface area contributed by atoms with E-state index in [0.29, 0.717) is 18.8 Å². The lowest BCUT2D eigenvalue weighted by Crippen LogP contribution is -2.22. The molecule has 0 aliphatic rings. The second-order valence-electron chi connectivity index (χ2n) is 3.76. The summed E-state index contributed by atoms with van der Waals surface area (Å²) in [5.41, 5.74) is 0.316. The molecule has 2 rings (SSSR count). The van der Waals surface area contributed by atoms with E-state index in [1.54, 1.807) is 13.3 Å². The Morgan fingerprint density at radius 1 is 1.50 bits per heavy atom. The van der Waals surface area contributed by atoms with Crippen molar-refractivity contribution in [3.05, 3.63) is 38.2 Å². The van der Waals surface area contributed by atoms with Crippen LogP contribution < -0.4 is 10.9 Å². The van der Waals surface area contributed by atoms with Crippen LogP contribution in [0, 0.1) is 0 Å². The van der Waals surface area contributed by atoms with E-state index < -0.39 is 5.91 Å². The van der Waals surface area contributed by atoms with Crippen molar-refractivity contribution in [3.8, 4) is 0 Å². The van der Waals surface area contributed by atoms with Crippen LogP contribution in [0.2, 0.25) is 4.47 Å². The summed E-state index contributed by atoms with van der Waals surface area (Å²) in [6, 6.07) is 2.89. The van der Waals surface area contributed by atoms with Gasteiger partial charge < -0.3 is 14.6 Å². The molecule has 0 fully saturated rings. The van der Waals surface area contributed by atoms with Crippen molar-refractivity contribution in [2.45, 2.75) is 6.54 Å². The largest absolute Gasteiger partial charge is 0.383 e. The summed E-state index contributed by atoms with van der Waals surface area (Å²) in [6.45, 7) is 0.812. The van der Waals surface area contributed by atoms with Gasteiger partial charge in [-0.05, 0) is 17.7 Å². The maximum Gasteiger partial charge on any atom is 0.286 e. The zero-order chi connectivity index (χ0) is 14.5. The minimum atomic E-state index is -0.425. The second kappa shape index (κ2) is 6.60. The number of halogens is 1. The molecule has 0 unspecified atom stereocenters. The first-order valence-corrected chi connectivity index (χ1v) is 6.79. The standard InChI is InChI=1S/C11H11ClN4O3S/c1-19-5-4-16-6-7(2-3-8(16)17)13-9(18)10-14-15-11(12)20-10/h2-3,6H,4-5H2,1H3,(H,13,18). The third-order valence-electron chi connectivity index (χ3n) is 2.37. The average molecular weight is 315 g/mol. The fourth-order valence-corrected chi connectivity index (χ4v) is 2.17. The van der Waals surface area contributed by atoms with Gasteiger partial charge >= 0.3 is 0 Å². The van der Waals surface area contributed by atoms with E-state index in [0.717, 1.165) is 11.3 Å². The number of hydrogen-bond acceptors (Lipinski definition) is 6. The van der Waals surface area contributed by atoms with Crippen LogP contribution in [0.25, 0.3) is 0 Å². The van der Waals surface area contributed by atoms with Gasteiger partial charge in [0.1, 0.15) is 0 Å². The number of aromatic nitrogens is 3. The molecule has 1 N–H and O–H groups in total. The van der Waals surface area contributed by atoms with Crippen LogP contribution in [-0.2, 0) is 11.3 Å². The lowest BCUT2D eigenvalue weighted by atomic mass is 10.4. The topological polar surface area (TPSA) is 86.1 Å². The molecular weight excluding hydrogens is 304 g/mol. The van der Waals surface area contributed by atoms with Gasteiger partial charge in [0.25, 0.3) is 11.5 Å². The molecule has 106 valence electrons. The molecule has 9 heteroatoms. The Balaban J connectivity index is 2.13. The number of ether oxygens (including phenoxy) is 1. The molecule has 0 aliphatic heterocycles. The summed E-state index contributed by atoms with van der Waals surface area (Å²) in [4.78, 5) is 23.5. The molecule has 2 heterocycles. The summed E-state index contributed by atoms with van der Waals surface area (Å²) in [6.07, 6.45) is 1.54. The number of pyridine rings is 1. The molecule has 0 radical (unpaired) electrons. The van der Waals surface area contributed by atoms with Crippen molar-refractivity contribution in [2.75, 3.05) is 19.0 Å². The first kappa shape index (κ1) is 14.6. The fraction of sp³-hybridized carbons (Fsp3) is 0.273. The molecule has 0 saturated heterocycles. The van der Waals surface area contributed by atoms with E-state index in [1.165, 1.54) is 16.7 Å². The number of carbonyl (C=O) groups is 1. The first-order valence-electron chi connectivity index (χ1n) is 5.60. The lowest BCUT2D eigenvalue weighted by Gasteiger charge is -2.08. The fourth-order valence-electron chi connectivity index (χ4n) is 1.45. The normalized spacial score (nSPS) is 10.5. The molecule has 0 saturated carbocycles. The highest BCUT2D eigenvalue weighted by atomic mass is 35.5. The lowest BCUT2D eigenvalue weighted by molar-refractivity contribution is 0.102. The quantitative estimate of drug-likeness (QED) is 0.897. The number of methoxy groups -OCH3 is 1. The molecule has 1 amide bonds. The SMILES string of the molecule is COCCn1cc(NC(=O)c2nnc(Cl)s2)ccc1=O. The van der Waals surface area contributed by atoms with Crippen LogP contribution in [0.4, 0.5) is 5.69 Å². The van der Waals surface area contributed by atoms with Gasteiger partial charge in [-0.1, -0.05) is 11.3 Å². The number of nitrogens with zero attached hydrogens (tertiary/aromatic N) is 3. The van der Waals surface area contributed by atoms with Gasteiger partial charge in [0.2, 0.25) is 9.47 Å². The highest BCUT2D eigenvalue weighted by Gasteiger charge is 2.12. The third kappa shape index (κ3) is 3.62. The number of anilines is 1. The van der Waals surface area contributed by atoms with Crippen LogP contribution in [-0.4, -0.2) is 34.4 Å². The molecule has 0 atom stereocenters. The van der Waals surface area contributed by atoms with Gasteiger partial charge in [0.05, 0.1) is 12.3 Å².